The van der Waals surface area contributed by atoms with Gasteiger partial charge >= 0.3 is 0 Å². The lowest BCUT2D eigenvalue weighted by Crippen LogP contribution is -2.44. The van der Waals surface area contributed by atoms with Gasteiger partial charge < -0.3 is 10.2 Å². The molecule has 2 rings (SSSR count). The summed E-state index contributed by atoms with van der Waals surface area (Å²) in [7, 11) is 0. The van der Waals surface area contributed by atoms with Crippen LogP contribution in [0.25, 0.3) is 0 Å². The topological polar surface area (TPSA) is 49.4 Å². The highest BCUT2D eigenvalue weighted by Gasteiger charge is 2.36. The van der Waals surface area contributed by atoms with Gasteiger partial charge in [0, 0.05) is 18.5 Å². The Morgan fingerprint density at radius 1 is 1.38 bits per heavy atom. The maximum absolute atomic E-state index is 12.3. The largest absolute Gasteiger partial charge is 0.347 e. The highest BCUT2D eigenvalue weighted by molar-refractivity contribution is 6.34. The average molecular weight is 309 g/mol. The zero-order chi connectivity index (χ0) is 15.8. The zero-order valence-corrected chi connectivity index (χ0v) is 13.6. The Hall–Kier alpha value is -1.55. The molecule has 0 aromatic heterocycles. The van der Waals surface area contributed by atoms with Crippen LogP contribution in [0.2, 0.25) is 5.02 Å². The molecule has 1 aliphatic heterocycles. The van der Waals surface area contributed by atoms with Gasteiger partial charge in [-0.2, -0.15) is 0 Å². The molecule has 1 heterocycles. The van der Waals surface area contributed by atoms with Gasteiger partial charge in [-0.05, 0) is 39.3 Å². The summed E-state index contributed by atoms with van der Waals surface area (Å²) in [6, 6.07) is 5.20. The smallest absolute Gasteiger partial charge is 0.253 e. The van der Waals surface area contributed by atoms with Crippen molar-refractivity contribution < 1.29 is 9.59 Å². The number of carbonyl (C=O) groups excluding carboxylic acids is 2. The molecular formula is C16H21ClN2O2. The van der Waals surface area contributed by atoms with Crippen molar-refractivity contribution in [1.29, 1.82) is 0 Å². The van der Waals surface area contributed by atoms with Gasteiger partial charge in [-0.1, -0.05) is 23.7 Å². The van der Waals surface area contributed by atoms with Crippen molar-refractivity contribution in [3.63, 3.8) is 0 Å². The first kappa shape index (κ1) is 15.8. The van der Waals surface area contributed by atoms with Crippen LogP contribution in [-0.2, 0) is 4.79 Å². The van der Waals surface area contributed by atoms with Crippen LogP contribution in [-0.4, -0.2) is 34.8 Å². The van der Waals surface area contributed by atoms with Crippen molar-refractivity contribution in [2.75, 3.05) is 6.54 Å². The van der Waals surface area contributed by atoms with E-state index < -0.39 is 0 Å². The number of aryl methyl sites for hydroxylation is 1. The molecule has 4 nitrogen and oxygen atoms in total. The monoisotopic (exact) mass is 308 g/mol. The summed E-state index contributed by atoms with van der Waals surface area (Å²) in [6.45, 7) is 8.38. The molecule has 0 unspecified atom stereocenters. The summed E-state index contributed by atoms with van der Waals surface area (Å²) >= 11 is 6.17. The molecule has 1 aromatic rings. The van der Waals surface area contributed by atoms with Gasteiger partial charge in [-0.15, -0.1) is 0 Å². The minimum absolute atomic E-state index is 0.0724. The van der Waals surface area contributed by atoms with E-state index >= 15 is 0 Å². The van der Waals surface area contributed by atoms with Crippen molar-refractivity contribution in [2.45, 2.75) is 45.7 Å². The number of halogens is 1. The van der Waals surface area contributed by atoms with Gasteiger partial charge in [0.2, 0.25) is 5.91 Å². The molecule has 2 amide bonds. The van der Waals surface area contributed by atoms with Crippen LogP contribution in [0.5, 0.6) is 0 Å². The third-order valence-corrected chi connectivity index (χ3v) is 4.21. The average Bonchev–Trinajstić information content (AvgIpc) is 2.73. The fourth-order valence-electron chi connectivity index (χ4n) is 2.54. The molecule has 0 spiro atoms. The van der Waals surface area contributed by atoms with Crippen molar-refractivity contribution in [2.24, 2.45) is 0 Å². The van der Waals surface area contributed by atoms with Gasteiger partial charge in [0.05, 0.1) is 16.6 Å². The molecule has 21 heavy (non-hydrogen) atoms. The molecule has 114 valence electrons. The highest BCUT2D eigenvalue weighted by Crippen LogP contribution is 2.23. The molecule has 0 aliphatic carbocycles. The predicted octanol–water partition coefficient (Wildman–Crippen LogP) is 2.78. The van der Waals surface area contributed by atoms with Crippen molar-refractivity contribution in [3.8, 4) is 0 Å². The van der Waals surface area contributed by atoms with Gasteiger partial charge in [0.1, 0.15) is 0 Å². The number of benzene rings is 1. The van der Waals surface area contributed by atoms with E-state index in [4.69, 9.17) is 11.6 Å². The lowest BCUT2D eigenvalue weighted by Gasteiger charge is -2.32. The van der Waals surface area contributed by atoms with Gasteiger partial charge in [-0.25, -0.2) is 0 Å². The van der Waals surface area contributed by atoms with E-state index in [1.165, 1.54) is 0 Å². The Balaban J connectivity index is 2.08. The van der Waals surface area contributed by atoms with Crippen LogP contribution in [0.1, 0.15) is 43.1 Å². The molecule has 1 aromatic carbocycles. The van der Waals surface area contributed by atoms with Crippen LogP contribution in [0.15, 0.2) is 18.2 Å². The van der Waals surface area contributed by atoms with Gasteiger partial charge in [0.25, 0.3) is 5.91 Å². The number of hydrogen-bond donors (Lipinski definition) is 1. The molecule has 5 heteroatoms. The molecule has 1 atom stereocenters. The van der Waals surface area contributed by atoms with Crippen molar-refractivity contribution >= 4 is 23.4 Å². The summed E-state index contributed by atoms with van der Waals surface area (Å²) in [5.41, 5.74) is 1.10. The third-order valence-electron chi connectivity index (χ3n) is 3.71. The predicted molar refractivity (Wildman–Crippen MR) is 83.5 cm³/mol. The Bertz CT molecular complexity index is 578. The van der Waals surface area contributed by atoms with E-state index in [1.807, 2.05) is 33.8 Å². The Labute approximate surface area is 130 Å². The number of rotatable bonds is 2. The van der Waals surface area contributed by atoms with E-state index in [2.05, 4.69) is 5.32 Å². The Kier molecular flexibility index (Phi) is 4.28. The normalized spacial score (nSPS) is 19.0. The number of carbonyl (C=O) groups is 2. The Morgan fingerprint density at radius 2 is 2.05 bits per heavy atom. The second kappa shape index (κ2) is 5.68. The third kappa shape index (κ3) is 3.38. The van der Waals surface area contributed by atoms with E-state index in [9.17, 15) is 9.59 Å². The number of hydrogen-bond acceptors (Lipinski definition) is 2. The van der Waals surface area contributed by atoms with Gasteiger partial charge in [-0.3, -0.25) is 9.59 Å². The van der Waals surface area contributed by atoms with Crippen LogP contribution < -0.4 is 5.32 Å². The fraction of sp³-hybridized carbons (Fsp3) is 0.500. The zero-order valence-electron chi connectivity index (χ0n) is 12.9. The molecule has 0 bridgehead atoms. The summed E-state index contributed by atoms with van der Waals surface area (Å²) in [6.07, 6.45) is 0.340. The van der Waals surface area contributed by atoms with E-state index in [0.717, 1.165) is 5.56 Å². The number of amides is 2. The Morgan fingerprint density at radius 3 is 2.62 bits per heavy atom. The van der Waals surface area contributed by atoms with Crippen LogP contribution in [0.4, 0.5) is 0 Å². The maximum Gasteiger partial charge on any atom is 0.253 e. The van der Waals surface area contributed by atoms with E-state index in [0.29, 0.717) is 23.6 Å². The first-order chi connectivity index (χ1) is 9.70. The molecule has 0 radical (unpaired) electrons. The maximum atomic E-state index is 12.3. The van der Waals surface area contributed by atoms with Crippen LogP contribution >= 0.6 is 11.6 Å². The summed E-state index contributed by atoms with van der Waals surface area (Å²) in [4.78, 5) is 26.1. The fourth-order valence-corrected chi connectivity index (χ4v) is 2.75. The standard InChI is InChI=1S/C16H21ClN2O2/c1-10-6-5-7-12(14(10)17)15(21)18-11-8-13(20)19(9-11)16(2,3)4/h5-7,11H,8-9H2,1-4H3,(H,18,21)/t11-/m1/s1. The van der Waals surface area contributed by atoms with E-state index in [1.54, 1.807) is 17.0 Å². The molecule has 1 aliphatic rings. The van der Waals surface area contributed by atoms with Crippen LogP contribution in [0, 0.1) is 6.92 Å². The molecule has 0 saturated carbocycles. The summed E-state index contributed by atoms with van der Waals surface area (Å²) < 4.78 is 0. The second-order valence-electron chi connectivity index (χ2n) is 6.49. The highest BCUT2D eigenvalue weighted by atomic mass is 35.5. The molecular weight excluding hydrogens is 288 g/mol. The molecule has 1 N–H and O–H groups in total. The van der Waals surface area contributed by atoms with Crippen molar-refractivity contribution in [1.82, 2.24) is 10.2 Å². The second-order valence-corrected chi connectivity index (χ2v) is 6.86. The van der Waals surface area contributed by atoms with Crippen molar-refractivity contribution in [3.05, 3.63) is 34.3 Å². The minimum Gasteiger partial charge on any atom is -0.347 e. The lowest BCUT2D eigenvalue weighted by molar-refractivity contribution is -0.131. The quantitative estimate of drug-likeness (QED) is 0.913. The molecule has 1 fully saturated rings. The summed E-state index contributed by atoms with van der Waals surface area (Å²) in [5.74, 6) is -0.152. The van der Waals surface area contributed by atoms with Crippen LogP contribution in [0.3, 0.4) is 0 Å². The van der Waals surface area contributed by atoms with E-state index in [-0.39, 0.29) is 23.4 Å². The minimum atomic E-state index is -0.225. The number of nitrogens with zero attached hydrogens (tertiary/aromatic N) is 1. The first-order valence-electron chi connectivity index (χ1n) is 7.06. The number of likely N-dealkylation sites (tertiary alicyclic amines) is 1. The summed E-state index contributed by atoms with van der Waals surface area (Å²) in [5, 5.41) is 3.37. The number of nitrogens with one attached hydrogen (secondary N) is 1. The van der Waals surface area contributed by atoms with Gasteiger partial charge in [0.15, 0.2) is 0 Å². The lowest BCUT2D eigenvalue weighted by atomic mass is 10.1. The first-order valence-corrected chi connectivity index (χ1v) is 7.44. The SMILES string of the molecule is Cc1cccc(C(=O)N[C@@H]2CC(=O)N(C(C)(C)C)C2)c1Cl. The molecule has 1 saturated heterocycles.